The lowest BCUT2D eigenvalue weighted by Gasteiger charge is -2.18. The predicted molar refractivity (Wildman–Crippen MR) is 348 cm³/mol. The van der Waals surface area contributed by atoms with Gasteiger partial charge in [0.2, 0.25) is 0 Å². The Morgan fingerprint density at radius 2 is 0.487 bits per heavy atom. The van der Waals surface area contributed by atoms with Gasteiger partial charge in [0.25, 0.3) is 0 Å². The van der Waals surface area contributed by atoms with Gasteiger partial charge in [0.05, 0.1) is 0 Å². The summed E-state index contributed by atoms with van der Waals surface area (Å²) in [7, 11) is 0. The third kappa shape index (κ3) is 64.4. The van der Waals surface area contributed by atoms with E-state index in [-0.39, 0.29) is 31.1 Å². The largest absolute Gasteiger partial charge is 0.462 e. The molecule has 6 nitrogen and oxygen atoms in total. The summed E-state index contributed by atoms with van der Waals surface area (Å²) in [4.78, 5) is 38.3. The highest BCUT2D eigenvalue weighted by Gasteiger charge is 2.19. The van der Waals surface area contributed by atoms with E-state index in [9.17, 15) is 14.4 Å². The number of esters is 3. The fourth-order valence-corrected chi connectivity index (χ4v) is 9.00. The normalized spacial score (nSPS) is 13.0. The molecule has 0 fully saturated rings. The van der Waals surface area contributed by atoms with Crippen molar-refractivity contribution < 1.29 is 28.6 Å². The molecule has 0 aromatic carbocycles. The van der Waals surface area contributed by atoms with Crippen LogP contribution in [0.15, 0.2) is 134 Å². The van der Waals surface area contributed by atoms with Gasteiger partial charge in [-0.05, 0) is 116 Å². The van der Waals surface area contributed by atoms with Gasteiger partial charge in [-0.2, -0.15) is 0 Å². The van der Waals surface area contributed by atoms with Crippen molar-refractivity contribution >= 4 is 17.9 Å². The molecule has 0 radical (unpaired) electrons. The van der Waals surface area contributed by atoms with Crippen molar-refractivity contribution in [2.75, 3.05) is 13.2 Å². The molecule has 0 bridgehead atoms. The molecule has 6 heteroatoms. The number of rotatable bonds is 59. The zero-order chi connectivity index (χ0) is 57.8. The van der Waals surface area contributed by atoms with Crippen molar-refractivity contribution in [1.82, 2.24) is 0 Å². The molecule has 0 N–H and O–H groups in total. The van der Waals surface area contributed by atoms with E-state index in [0.29, 0.717) is 19.3 Å². The molecular formula is C74H122O6. The molecular weight excluding hydrogens is 985 g/mol. The Morgan fingerprint density at radius 1 is 0.263 bits per heavy atom. The molecule has 0 aliphatic heterocycles. The fraction of sp³-hybridized carbons (Fsp3) is 0.662. The van der Waals surface area contributed by atoms with Crippen LogP contribution in [0.2, 0.25) is 0 Å². The molecule has 0 amide bonds. The van der Waals surface area contributed by atoms with Crippen LogP contribution in [-0.4, -0.2) is 37.2 Å². The molecule has 0 aromatic heterocycles. The Morgan fingerprint density at radius 3 is 0.762 bits per heavy atom. The van der Waals surface area contributed by atoms with E-state index < -0.39 is 6.10 Å². The number of allylic oxidation sites excluding steroid dienone is 22. The fourth-order valence-electron chi connectivity index (χ4n) is 9.00. The molecule has 0 rings (SSSR count). The van der Waals surface area contributed by atoms with Gasteiger partial charge < -0.3 is 14.2 Å². The van der Waals surface area contributed by atoms with Gasteiger partial charge in [0.15, 0.2) is 6.10 Å². The van der Waals surface area contributed by atoms with Gasteiger partial charge in [-0.3, -0.25) is 14.4 Å². The lowest BCUT2D eigenvalue weighted by Crippen LogP contribution is -2.30. The van der Waals surface area contributed by atoms with Crippen LogP contribution < -0.4 is 0 Å². The smallest absolute Gasteiger partial charge is 0.306 e. The Labute approximate surface area is 494 Å². The molecule has 0 spiro atoms. The van der Waals surface area contributed by atoms with Crippen LogP contribution in [0.3, 0.4) is 0 Å². The first-order valence-electron chi connectivity index (χ1n) is 33.2. The van der Waals surface area contributed by atoms with Gasteiger partial charge >= 0.3 is 17.9 Å². The van der Waals surface area contributed by atoms with Gasteiger partial charge in [-0.1, -0.05) is 296 Å². The van der Waals surface area contributed by atoms with E-state index >= 15 is 0 Å². The summed E-state index contributed by atoms with van der Waals surface area (Å²) in [6.45, 7) is 6.41. The van der Waals surface area contributed by atoms with E-state index in [1.54, 1.807) is 0 Å². The average molecular weight is 1110 g/mol. The van der Waals surface area contributed by atoms with Crippen LogP contribution >= 0.6 is 0 Å². The third-order valence-electron chi connectivity index (χ3n) is 13.9. The summed E-state index contributed by atoms with van der Waals surface area (Å²) >= 11 is 0. The second-order valence-electron chi connectivity index (χ2n) is 21.6. The van der Waals surface area contributed by atoms with Crippen molar-refractivity contribution in [3.63, 3.8) is 0 Å². The Kier molecular flexibility index (Phi) is 63.3. The van der Waals surface area contributed by atoms with Gasteiger partial charge in [0.1, 0.15) is 13.2 Å². The van der Waals surface area contributed by atoms with E-state index in [2.05, 4.69) is 154 Å². The maximum absolute atomic E-state index is 12.9. The van der Waals surface area contributed by atoms with Crippen molar-refractivity contribution in [2.24, 2.45) is 0 Å². The minimum atomic E-state index is -0.790. The lowest BCUT2D eigenvalue weighted by molar-refractivity contribution is -0.167. The van der Waals surface area contributed by atoms with Crippen LogP contribution in [0.5, 0.6) is 0 Å². The van der Waals surface area contributed by atoms with Crippen LogP contribution in [-0.2, 0) is 28.6 Å². The first kappa shape index (κ1) is 75.5. The quantitative estimate of drug-likeness (QED) is 0.0261. The Bertz CT molecular complexity index is 1700. The topological polar surface area (TPSA) is 78.9 Å². The van der Waals surface area contributed by atoms with Crippen LogP contribution in [0.4, 0.5) is 0 Å². The maximum Gasteiger partial charge on any atom is 0.306 e. The standard InChI is InChI=1S/C74H122O6/c1-4-7-10-13-16-19-22-25-27-29-30-31-32-33-34-35-36-37-38-39-40-41-42-43-44-46-47-49-52-55-58-61-64-67-73(76)79-70-71(69-78-72(75)66-63-60-57-54-51-24-21-18-15-12-9-6-3)80-74(77)68-65-62-59-56-53-50-48-45-28-26-23-20-17-14-11-8-5-2/h7-8,10-11,16-17,19-20,25-28,30-31,33-34,36-37,39-40,42-43,71H,4-6,9,12-15,18,21-24,29,32,35,38,41,44-70H2,1-3H3/b10-7-,11-8-,19-16-,20-17-,27-25-,28-26-,31-30-,34-33-,37-36-,40-39-,43-42-. The molecule has 0 saturated carbocycles. The second kappa shape index (κ2) is 67.1. The summed E-state index contributed by atoms with van der Waals surface area (Å²) in [6.07, 6.45) is 94.6. The highest BCUT2D eigenvalue weighted by Crippen LogP contribution is 2.16. The predicted octanol–water partition coefficient (Wildman–Crippen LogP) is 22.9. The first-order valence-corrected chi connectivity index (χ1v) is 33.2. The molecule has 80 heavy (non-hydrogen) atoms. The molecule has 0 aliphatic rings. The number of ether oxygens (including phenoxy) is 3. The summed E-state index contributed by atoms with van der Waals surface area (Å²) < 4.78 is 16.9. The van der Waals surface area contributed by atoms with E-state index in [1.807, 2.05) is 0 Å². The number of unbranched alkanes of at least 4 members (excludes halogenated alkanes) is 26. The summed E-state index contributed by atoms with van der Waals surface area (Å²) in [5, 5.41) is 0. The van der Waals surface area contributed by atoms with E-state index in [1.165, 1.54) is 116 Å². The molecule has 0 heterocycles. The zero-order valence-electron chi connectivity index (χ0n) is 52.0. The highest BCUT2D eigenvalue weighted by molar-refractivity contribution is 5.71. The highest BCUT2D eigenvalue weighted by atomic mass is 16.6. The van der Waals surface area contributed by atoms with Crippen LogP contribution in [0.1, 0.15) is 297 Å². The first-order chi connectivity index (χ1) is 39.5. The van der Waals surface area contributed by atoms with Crippen LogP contribution in [0, 0.1) is 0 Å². The zero-order valence-corrected chi connectivity index (χ0v) is 52.0. The number of hydrogen-bond donors (Lipinski definition) is 0. The summed E-state index contributed by atoms with van der Waals surface area (Å²) in [5.74, 6) is -0.899. The number of carbonyl (C=O) groups is 3. The van der Waals surface area contributed by atoms with Gasteiger partial charge in [-0.25, -0.2) is 0 Å². The third-order valence-corrected chi connectivity index (χ3v) is 13.9. The van der Waals surface area contributed by atoms with Gasteiger partial charge in [0, 0.05) is 19.3 Å². The van der Waals surface area contributed by atoms with E-state index in [0.717, 1.165) is 141 Å². The lowest BCUT2D eigenvalue weighted by atomic mass is 10.0. The Hall–Kier alpha value is -4.45. The minimum Gasteiger partial charge on any atom is -0.462 e. The molecule has 0 aliphatic carbocycles. The van der Waals surface area contributed by atoms with Crippen molar-refractivity contribution in [1.29, 1.82) is 0 Å². The number of carbonyl (C=O) groups excluding carboxylic acids is 3. The van der Waals surface area contributed by atoms with Crippen molar-refractivity contribution in [3.05, 3.63) is 134 Å². The Balaban J connectivity index is 4.28. The SMILES string of the molecule is CC/C=C\C/C=C\C/C=C\C/C=C\C/C=C\C/C=C\C/C=C\C/C=C\CCCCCCCCCCC(=O)OCC(COC(=O)CCCCCCCCCCCCCC)OC(=O)CCCCCCCCC/C=C\C/C=C\C/C=C\CC. The van der Waals surface area contributed by atoms with Crippen LogP contribution in [0.25, 0.3) is 0 Å². The van der Waals surface area contributed by atoms with Gasteiger partial charge in [-0.15, -0.1) is 0 Å². The molecule has 1 atom stereocenters. The average Bonchev–Trinajstić information content (AvgIpc) is 3.46. The van der Waals surface area contributed by atoms with E-state index in [4.69, 9.17) is 14.2 Å². The molecule has 0 saturated heterocycles. The second-order valence-corrected chi connectivity index (χ2v) is 21.6. The number of hydrogen-bond acceptors (Lipinski definition) is 6. The molecule has 1 unspecified atom stereocenters. The summed E-state index contributed by atoms with van der Waals surface area (Å²) in [6, 6.07) is 0. The molecule has 454 valence electrons. The summed E-state index contributed by atoms with van der Waals surface area (Å²) in [5.41, 5.74) is 0. The monoisotopic (exact) mass is 1110 g/mol. The minimum absolute atomic E-state index is 0.0847. The maximum atomic E-state index is 12.9. The molecule has 0 aromatic rings. The van der Waals surface area contributed by atoms with Crippen molar-refractivity contribution in [2.45, 2.75) is 303 Å². The van der Waals surface area contributed by atoms with Crippen molar-refractivity contribution in [3.8, 4) is 0 Å².